The zero-order valence-electron chi connectivity index (χ0n) is 18.6. The van der Waals surface area contributed by atoms with E-state index in [2.05, 4.69) is 6.07 Å². The van der Waals surface area contributed by atoms with Crippen LogP contribution in [0.5, 0.6) is 0 Å². The Morgan fingerprint density at radius 1 is 1.21 bits per heavy atom. The van der Waals surface area contributed by atoms with E-state index in [1.165, 1.54) is 12.1 Å². The summed E-state index contributed by atoms with van der Waals surface area (Å²) in [5.41, 5.74) is -0.600. The van der Waals surface area contributed by atoms with E-state index in [4.69, 9.17) is 0 Å². The van der Waals surface area contributed by atoms with Gasteiger partial charge in [-0.05, 0) is 43.7 Å². The van der Waals surface area contributed by atoms with Gasteiger partial charge in [0, 0.05) is 31.1 Å². The lowest BCUT2D eigenvalue weighted by atomic mass is 9.99. The second kappa shape index (κ2) is 7.73. The number of piperazine rings is 1. The van der Waals surface area contributed by atoms with Gasteiger partial charge in [-0.3, -0.25) is 14.5 Å². The smallest absolute Gasteiger partial charge is 0.330 e. The van der Waals surface area contributed by atoms with Crippen LogP contribution in [0.15, 0.2) is 24.3 Å². The minimum Gasteiger partial charge on any atom is -0.330 e. The molecule has 0 aromatic heterocycles. The molecule has 1 aliphatic carbocycles. The van der Waals surface area contributed by atoms with Crippen molar-refractivity contribution in [3.05, 3.63) is 35.4 Å². The number of alkyl halides is 3. The molecular formula is C24H27F3N4O2. The molecule has 1 aromatic carbocycles. The number of piperidine rings is 1. The minimum atomic E-state index is -4.48. The van der Waals surface area contributed by atoms with Crippen molar-refractivity contribution in [2.24, 2.45) is 11.8 Å². The number of nitriles is 1. The summed E-state index contributed by atoms with van der Waals surface area (Å²) < 4.78 is 40.5. The van der Waals surface area contributed by atoms with E-state index in [9.17, 15) is 28.0 Å². The molecule has 1 saturated carbocycles. The molecule has 4 fully saturated rings. The number of hydrogen-bond donors (Lipinski definition) is 0. The Balaban J connectivity index is 1.26. The fourth-order valence-corrected chi connectivity index (χ4v) is 6.24. The molecule has 0 N–H and O–H groups in total. The molecule has 7 atom stereocenters. The molecular weight excluding hydrogens is 433 g/mol. The molecule has 6 nitrogen and oxygen atoms in total. The summed E-state index contributed by atoms with van der Waals surface area (Å²) >= 11 is 0. The number of halogens is 3. The van der Waals surface area contributed by atoms with Crippen molar-refractivity contribution in [2.45, 2.75) is 69.5 Å². The summed E-state index contributed by atoms with van der Waals surface area (Å²) in [5, 5.41) is 9.38. The van der Waals surface area contributed by atoms with Crippen LogP contribution in [0.4, 0.5) is 13.2 Å². The third-order valence-corrected chi connectivity index (χ3v) is 7.89. The highest BCUT2D eigenvalue weighted by molar-refractivity contribution is 5.86. The topological polar surface area (TPSA) is 67.7 Å². The molecule has 2 unspecified atom stereocenters. The summed E-state index contributed by atoms with van der Waals surface area (Å²) in [6.07, 6.45) is -2.20. The lowest BCUT2D eigenvalue weighted by Gasteiger charge is -2.39. The van der Waals surface area contributed by atoms with Gasteiger partial charge in [-0.1, -0.05) is 25.1 Å². The SMILES string of the molecule is C[C@H](c1ccccc1C(F)(F)F)N1C(=O)[C@@H]2CC1CN2C[C@H](C)C(=O)N1C2C[C@H]2C[C@H]1C#N. The van der Waals surface area contributed by atoms with E-state index < -0.39 is 23.8 Å². The molecule has 33 heavy (non-hydrogen) atoms. The van der Waals surface area contributed by atoms with Crippen molar-refractivity contribution in [3.63, 3.8) is 0 Å². The van der Waals surface area contributed by atoms with Crippen LogP contribution in [0.1, 0.15) is 50.3 Å². The first-order valence-electron chi connectivity index (χ1n) is 11.6. The molecule has 2 amide bonds. The van der Waals surface area contributed by atoms with Gasteiger partial charge >= 0.3 is 6.18 Å². The highest BCUT2D eigenvalue weighted by atomic mass is 19.4. The van der Waals surface area contributed by atoms with Crippen molar-refractivity contribution >= 4 is 11.8 Å². The third-order valence-electron chi connectivity index (χ3n) is 7.89. The molecule has 0 spiro atoms. The molecule has 3 aliphatic heterocycles. The van der Waals surface area contributed by atoms with Crippen LogP contribution in [0.2, 0.25) is 0 Å². The molecule has 5 rings (SSSR count). The van der Waals surface area contributed by atoms with Gasteiger partial charge in [0.25, 0.3) is 0 Å². The average molecular weight is 461 g/mol. The fourth-order valence-electron chi connectivity index (χ4n) is 6.24. The number of amides is 2. The predicted molar refractivity (Wildman–Crippen MR) is 112 cm³/mol. The van der Waals surface area contributed by atoms with E-state index in [0.717, 1.165) is 18.9 Å². The van der Waals surface area contributed by atoms with Crippen molar-refractivity contribution in [1.82, 2.24) is 14.7 Å². The lowest BCUT2D eigenvalue weighted by Crippen LogP contribution is -2.53. The van der Waals surface area contributed by atoms with E-state index in [1.54, 1.807) is 22.8 Å². The summed E-state index contributed by atoms with van der Waals surface area (Å²) in [6.45, 7) is 4.45. The van der Waals surface area contributed by atoms with Crippen molar-refractivity contribution in [1.29, 1.82) is 5.26 Å². The largest absolute Gasteiger partial charge is 0.416 e. The number of hydrogen-bond acceptors (Lipinski definition) is 4. The molecule has 176 valence electrons. The molecule has 0 radical (unpaired) electrons. The first-order valence-corrected chi connectivity index (χ1v) is 11.6. The van der Waals surface area contributed by atoms with Gasteiger partial charge in [0.15, 0.2) is 0 Å². The van der Waals surface area contributed by atoms with Crippen LogP contribution in [0, 0.1) is 23.2 Å². The predicted octanol–water partition coefficient (Wildman–Crippen LogP) is 3.20. The van der Waals surface area contributed by atoms with Gasteiger partial charge in [-0.25, -0.2) is 0 Å². The third kappa shape index (κ3) is 3.59. The van der Waals surface area contributed by atoms with E-state index >= 15 is 0 Å². The Morgan fingerprint density at radius 2 is 1.94 bits per heavy atom. The second-order valence-corrected chi connectivity index (χ2v) is 9.96. The highest BCUT2D eigenvalue weighted by Crippen LogP contribution is 2.48. The number of likely N-dealkylation sites (tertiary alicyclic amines) is 3. The van der Waals surface area contributed by atoms with Gasteiger partial charge < -0.3 is 9.80 Å². The van der Waals surface area contributed by atoms with E-state index in [-0.39, 0.29) is 41.4 Å². The number of fused-ring (bicyclic) bond motifs is 3. The van der Waals surface area contributed by atoms with Crippen LogP contribution in [-0.4, -0.2) is 63.8 Å². The summed E-state index contributed by atoms with van der Waals surface area (Å²) in [4.78, 5) is 31.6. The van der Waals surface area contributed by atoms with E-state index in [1.807, 2.05) is 11.8 Å². The summed E-state index contributed by atoms with van der Waals surface area (Å²) in [5.74, 6) is -0.103. The number of rotatable bonds is 5. The average Bonchev–Trinajstić information content (AvgIpc) is 3.11. The number of nitrogens with zero attached hydrogens (tertiary/aromatic N) is 4. The minimum absolute atomic E-state index is 0.0360. The highest BCUT2D eigenvalue weighted by Gasteiger charge is 2.56. The van der Waals surface area contributed by atoms with Crippen LogP contribution < -0.4 is 0 Å². The molecule has 3 saturated heterocycles. The van der Waals surface area contributed by atoms with Crippen LogP contribution in [0.3, 0.4) is 0 Å². The number of carbonyl (C=O) groups excluding carboxylic acids is 2. The maximum absolute atomic E-state index is 13.5. The van der Waals surface area contributed by atoms with Gasteiger partial charge in [-0.15, -0.1) is 0 Å². The zero-order valence-corrected chi connectivity index (χ0v) is 18.6. The lowest BCUT2D eigenvalue weighted by molar-refractivity contribution is -0.144. The second-order valence-electron chi connectivity index (χ2n) is 9.96. The standard InChI is InChI=1S/C24H27F3N4O2/c1-13(22(32)31-16(10-28)7-15-8-20(15)31)11-29-12-17-9-21(29)23(33)30(17)14(2)18-5-3-4-6-19(18)24(25,26)27/h3-6,13-17,20-21H,7-9,11-12H2,1-2H3/t13-,14+,15+,16-,17?,20?,21-/m0/s1. The fraction of sp³-hybridized carbons (Fsp3) is 0.625. The van der Waals surface area contributed by atoms with Crippen molar-refractivity contribution in [3.8, 4) is 6.07 Å². The maximum atomic E-state index is 13.5. The zero-order chi connectivity index (χ0) is 23.7. The van der Waals surface area contributed by atoms with E-state index in [0.29, 0.717) is 25.4 Å². The quantitative estimate of drug-likeness (QED) is 0.677. The Hall–Kier alpha value is -2.60. The Morgan fingerprint density at radius 3 is 2.61 bits per heavy atom. The maximum Gasteiger partial charge on any atom is 0.416 e. The normalized spacial score (nSPS) is 32.6. The molecule has 1 aromatic rings. The van der Waals surface area contributed by atoms with Gasteiger partial charge in [-0.2, -0.15) is 18.4 Å². The Labute approximate surface area is 190 Å². The number of carbonyl (C=O) groups is 2. The van der Waals surface area contributed by atoms with Gasteiger partial charge in [0.1, 0.15) is 6.04 Å². The summed E-state index contributed by atoms with van der Waals surface area (Å²) in [7, 11) is 0. The Kier molecular flexibility index (Phi) is 5.20. The molecule has 9 heteroatoms. The first kappa shape index (κ1) is 22.2. The van der Waals surface area contributed by atoms with Crippen LogP contribution in [0.25, 0.3) is 0 Å². The molecule has 2 bridgehead atoms. The van der Waals surface area contributed by atoms with Crippen molar-refractivity contribution < 1.29 is 22.8 Å². The first-order chi connectivity index (χ1) is 15.6. The molecule has 3 heterocycles. The Bertz CT molecular complexity index is 1020. The monoisotopic (exact) mass is 460 g/mol. The number of benzene rings is 1. The van der Waals surface area contributed by atoms with Gasteiger partial charge in [0.05, 0.1) is 23.7 Å². The van der Waals surface area contributed by atoms with Crippen LogP contribution in [-0.2, 0) is 15.8 Å². The summed E-state index contributed by atoms with van der Waals surface area (Å²) in [6, 6.07) is 6.23. The van der Waals surface area contributed by atoms with Crippen LogP contribution >= 0.6 is 0 Å². The van der Waals surface area contributed by atoms with Gasteiger partial charge in [0.2, 0.25) is 11.8 Å². The van der Waals surface area contributed by atoms with Crippen molar-refractivity contribution in [2.75, 3.05) is 13.1 Å². The molecule has 4 aliphatic rings.